The van der Waals surface area contributed by atoms with Gasteiger partial charge in [0.1, 0.15) is 0 Å². The Kier molecular flexibility index (Phi) is 2.28. The number of carbonyl (C=O) groups is 1. The van der Waals surface area contributed by atoms with Crippen LogP contribution in [0.15, 0.2) is 0 Å². The smallest absolute Gasteiger partial charge is 0.312 e. The second-order valence-corrected chi connectivity index (χ2v) is 4.17. The summed E-state index contributed by atoms with van der Waals surface area (Å²) >= 11 is 0. The van der Waals surface area contributed by atoms with Gasteiger partial charge in [-0.2, -0.15) is 0 Å². The fourth-order valence-electron chi connectivity index (χ4n) is 2.69. The van der Waals surface area contributed by atoms with Crippen molar-refractivity contribution in [3.63, 3.8) is 0 Å². The first-order chi connectivity index (χ1) is 6.26. The highest BCUT2D eigenvalue weighted by Gasteiger charge is 2.49. The lowest BCUT2D eigenvalue weighted by atomic mass is 9.79. The summed E-state index contributed by atoms with van der Waals surface area (Å²) in [5.74, 6) is -0.642. The molecule has 1 aliphatic heterocycles. The van der Waals surface area contributed by atoms with Crippen LogP contribution in [0.2, 0.25) is 0 Å². The third-order valence-corrected chi connectivity index (χ3v) is 3.47. The largest absolute Gasteiger partial charge is 0.481 e. The Morgan fingerprint density at radius 1 is 1.31 bits per heavy atom. The molecule has 3 nitrogen and oxygen atoms in total. The molecule has 0 amide bonds. The van der Waals surface area contributed by atoms with E-state index in [0.717, 1.165) is 45.1 Å². The summed E-state index contributed by atoms with van der Waals surface area (Å²) in [4.78, 5) is 11.2. The third-order valence-electron chi connectivity index (χ3n) is 3.47. The van der Waals surface area contributed by atoms with Gasteiger partial charge in [0, 0.05) is 6.61 Å². The first kappa shape index (κ1) is 9.00. The van der Waals surface area contributed by atoms with Crippen LogP contribution in [0.3, 0.4) is 0 Å². The minimum Gasteiger partial charge on any atom is -0.481 e. The van der Waals surface area contributed by atoms with Crippen molar-refractivity contribution in [2.45, 2.75) is 44.6 Å². The molecule has 1 N–H and O–H groups in total. The van der Waals surface area contributed by atoms with Gasteiger partial charge in [-0.1, -0.05) is 12.8 Å². The van der Waals surface area contributed by atoms with E-state index in [0.29, 0.717) is 0 Å². The predicted octanol–water partition coefficient (Wildman–Crippen LogP) is 1.81. The van der Waals surface area contributed by atoms with Gasteiger partial charge in [-0.25, -0.2) is 0 Å². The van der Waals surface area contributed by atoms with Gasteiger partial charge in [-0.15, -0.1) is 0 Å². The molecular formula is C10H16O3. The first-order valence-electron chi connectivity index (χ1n) is 5.11. The molecule has 0 aromatic carbocycles. The maximum Gasteiger partial charge on any atom is 0.312 e. The number of ether oxygens (including phenoxy) is 1. The lowest BCUT2D eigenvalue weighted by Gasteiger charge is -2.29. The van der Waals surface area contributed by atoms with E-state index in [1.54, 1.807) is 0 Å². The van der Waals surface area contributed by atoms with Crippen LogP contribution in [-0.4, -0.2) is 23.8 Å². The van der Waals surface area contributed by atoms with Crippen molar-refractivity contribution in [3.05, 3.63) is 0 Å². The van der Waals surface area contributed by atoms with Crippen molar-refractivity contribution in [3.8, 4) is 0 Å². The molecule has 1 atom stereocenters. The van der Waals surface area contributed by atoms with E-state index in [1.165, 1.54) is 0 Å². The number of carboxylic acids is 1. The normalized spacial score (nSPS) is 32.2. The van der Waals surface area contributed by atoms with Crippen molar-refractivity contribution < 1.29 is 14.6 Å². The van der Waals surface area contributed by atoms with E-state index >= 15 is 0 Å². The van der Waals surface area contributed by atoms with Gasteiger partial charge < -0.3 is 9.84 Å². The summed E-state index contributed by atoms with van der Waals surface area (Å²) in [6.07, 6.45) is 5.68. The molecule has 13 heavy (non-hydrogen) atoms. The minimum atomic E-state index is -0.642. The minimum absolute atomic E-state index is 0.00694. The summed E-state index contributed by atoms with van der Waals surface area (Å²) in [6, 6.07) is 0. The van der Waals surface area contributed by atoms with Crippen LogP contribution in [0.1, 0.15) is 38.5 Å². The number of hydrogen-bond acceptors (Lipinski definition) is 2. The molecule has 2 fully saturated rings. The van der Waals surface area contributed by atoms with Crippen molar-refractivity contribution in [2.24, 2.45) is 5.41 Å². The maximum absolute atomic E-state index is 11.2. The standard InChI is InChI=1S/C10H16O3/c11-9(12)10(5-1-2-6-10)8-4-3-7-13-8/h8H,1-7H2,(H,11,12). The summed E-state index contributed by atoms with van der Waals surface area (Å²) in [5, 5.41) is 9.24. The van der Waals surface area contributed by atoms with Crippen molar-refractivity contribution >= 4 is 5.97 Å². The Hall–Kier alpha value is -0.570. The van der Waals surface area contributed by atoms with E-state index in [1.807, 2.05) is 0 Å². The average Bonchev–Trinajstić information content (AvgIpc) is 2.75. The predicted molar refractivity (Wildman–Crippen MR) is 47.5 cm³/mol. The van der Waals surface area contributed by atoms with Crippen LogP contribution in [0.25, 0.3) is 0 Å². The molecule has 1 unspecified atom stereocenters. The molecule has 1 saturated heterocycles. The molecule has 2 aliphatic rings. The zero-order valence-electron chi connectivity index (χ0n) is 7.79. The monoisotopic (exact) mass is 184 g/mol. The molecule has 1 aliphatic carbocycles. The first-order valence-corrected chi connectivity index (χ1v) is 5.11. The van der Waals surface area contributed by atoms with E-state index in [2.05, 4.69) is 0 Å². The highest BCUT2D eigenvalue weighted by atomic mass is 16.5. The molecule has 0 aromatic heterocycles. The SMILES string of the molecule is O=C(O)C1(C2CCCO2)CCCC1. The Bertz CT molecular complexity index is 200. The molecule has 3 heteroatoms. The Morgan fingerprint density at radius 2 is 2.00 bits per heavy atom. The van der Waals surface area contributed by atoms with Crippen LogP contribution in [-0.2, 0) is 9.53 Å². The summed E-state index contributed by atoms with van der Waals surface area (Å²) in [5.41, 5.74) is -0.531. The molecule has 2 rings (SSSR count). The number of carboxylic acid groups (broad SMARTS) is 1. The Balaban J connectivity index is 2.16. The van der Waals surface area contributed by atoms with Crippen molar-refractivity contribution in [1.82, 2.24) is 0 Å². The summed E-state index contributed by atoms with van der Waals surface area (Å²) in [7, 11) is 0. The molecule has 0 radical (unpaired) electrons. The van der Waals surface area contributed by atoms with E-state index in [4.69, 9.17) is 4.74 Å². The van der Waals surface area contributed by atoms with E-state index in [-0.39, 0.29) is 6.10 Å². The molecule has 0 bridgehead atoms. The van der Waals surface area contributed by atoms with Gasteiger partial charge in [0.25, 0.3) is 0 Å². The second-order valence-electron chi connectivity index (χ2n) is 4.17. The molecule has 74 valence electrons. The van der Waals surface area contributed by atoms with Gasteiger partial charge in [0.05, 0.1) is 11.5 Å². The van der Waals surface area contributed by atoms with Gasteiger partial charge in [-0.05, 0) is 25.7 Å². The van der Waals surface area contributed by atoms with Gasteiger partial charge in [-0.3, -0.25) is 4.79 Å². The highest BCUT2D eigenvalue weighted by molar-refractivity contribution is 5.75. The zero-order valence-corrected chi connectivity index (χ0v) is 7.79. The Morgan fingerprint density at radius 3 is 2.46 bits per heavy atom. The fraction of sp³-hybridized carbons (Fsp3) is 0.900. The van der Waals surface area contributed by atoms with Crippen molar-refractivity contribution in [1.29, 1.82) is 0 Å². The maximum atomic E-state index is 11.2. The summed E-state index contributed by atoms with van der Waals surface area (Å²) < 4.78 is 5.52. The molecule has 1 saturated carbocycles. The van der Waals surface area contributed by atoms with Crippen LogP contribution < -0.4 is 0 Å². The molecule has 1 heterocycles. The van der Waals surface area contributed by atoms with E-state index in [9.17, 15) is 9.90 Å². The van der Waals surface area contributed by atoms with Crippen LogP contribution >= 0.6 is 0 Å². The number of aliphatic carboxylic acids is 1. The quantitative estimate of drug-likeness (QED) is 0.712. The topological polar surface area (TPSA) is 46.5 Å². The Labute approximate surface area is 78.1 Å². The number of rotatable bonds is 2. The lowest BCUT2D eigenvalue weighted by Crippen LogP contribution is -2.39. The van der Waals surface area contributed by atoms with Crippen LogP contribution in [0.5, 0.6) is 0 Å². The van der Waals surface area contributed by atoms with Crippen LogP contribution in [0.4, 0.5) is 0 Å². The van der Waals surface area contributed by atoms with Crippen LogP contribution in [0, 0.1) is 5.41 Å². The van der Waals surface area contributed by atoms with Gasteiger partial charge in [0.2, 0.25) is 0 Å². The van der Waals surface area contributed by atoms with Gasteiger partial charge in [0.15, 0.2) is 0 Å². The third kappa shape index (κ3) is 1.35. The fourth-order valence-corrected chi connectivity index (χ4v) is 2.69. The van der Waals surface area contributed by atoms with Gasteiger partial charge >= 0.3 is 5.97 Å². The number of hydrogen-bond donors (Lipinski definition) is 1. The molecule has 0 spiro atoms. The average molecular weight is 184 g/mol. The highest BCUT2D eigenvalue weighted by Crippen LogP contribution is 2.45. The second kappa shape index (κ2) is 3.29. The van der Waals surface area contributed by atoms with Crippen molar-refractivity contribution in [2.75, 3.05) is 6.61 Å². The molecule has 0 aromatic rings. The van der Waals surface area contributed by atoms with E-state index < -0.39 is 11.4 Å². The summed E-state index contributed by atoms with van der Waals surface area (Å²) in [6.45, 7) is 0.750. The lowest BCUT2D eigenvalue weighted by molar-refractivity contribution is -0.156. The molecular weight excluding hydrogens is 168 g/mol. The zero-order chi connectivity index (χ0) is 9.31.